The molecular weight excluding hydrogens is 318 g/mol. The first-order valence-corrected chi connectivity index (χ1v) is 7.31. The lowest BCUT2D eigenvalue weighted by Gasteiger charge is -2.07. The Labute approximate surface area is 138 Å². The SMILES string of the molecule is O=C(COCC(=O)Nc1ccc(Cl)cc1)NCc1ccccn1. The monoisotopic (exact) mass is 333 g/mol. The van der Waals surface area contributed by atoms with Gasteiger partial charge in [0.15, 0.2) is 0 Å². The van der Waals surface area contributed by atoms with Crippen molar-refractivity contribution in [3.05, 3.63) is 59.4 Å². The highest BCUT2D eigenvalue weighted by Gasteiger charge is 2.06. The summed E-state index contributed by atoms with van der Waals surface area (Å²) in [6.07, 6.45) is 1.65. The van der Waals surface area contributed by atoms with Gasteiger partial charge < -0.3 is 15.4 Å². The van der Waals surface area contributed by atoms with Crippen LogP contribution in [0, 0.1) is 0 Å². The molecule has 2 N–H and O–H groups in total. The number of nitrogens with one attached hydrogen (secondary N) is 2. The molecule has 0 atom stereocenters. The van der Waals surface area contributed by atoms with Crippen LogP contribution in [-0.4, -0.2) is 30.0 Å². The summed E-state index contributed by atoms with van der Waals surface area (Å²) < 4.78 is 5.07. The Bertz CT molecular complexity index is 647. The van der Waals surface area contributed by atoms with Crippen LogP contribution >= 0.6 is 11.6 Å². The first kappa shape index (κ1) is 16.9. The van der Waals surface area contributed by atoms with Crippen molar-refractivity contribution in [2.45, 2.75) is 6.54 Å². The third-order valence-electron chi connectivity index (χ3n) is 2.79. The van der Waals surface area contributed by atoms with Crippen LogP contribution in [0.25, 0.3) is 0 Å². The number of halogens is 1. The number of amides is 2. The molecule has 0 radical (unpaired) electrons. The number of anilines is 1. The fourth-order valence-corrected chi connectivity index (χ4v) is 1.84. The molecule has 0 aliphatic heterocycles. The summed E-state index contributed by atoms with van der Waals surface area (Å²) in [7, 11) is 0. The number of hydrogen-bond acceptors (Lipinski definition) is 4. The standard InChI is InChI=1S/C16H16ClN3O3/c17-12-4-6-13(7-5-12)20-16(22)11-23-10-15(21)19-9-14-3-1-2-8-18-14/h1-8H,9-11H2,(H,19,21)(H,20,22). The van der Waals surface area contributed by atoms with Crippen LogP contribution in [0.3, 0.4) is 0 Å². The summed E-state index contributed by atoms with van der Waals surface area (Å²) in [5.41, 5.74) is 1.36. The molecule has 7 heteroatoms. The van der Waals surface area contributed by atoms with Crippen LogP contribution in [0.15, 0.2) is 48.7 Å². The zero-order valence-electron chi connectivity index (χ0n) is 12.3. The van der Waals surface area contributed by atoms with Crippen molar-refractivity contribution in [2.24, 2.45) is 0 Å². The molecule has 1 heterocycles. The first-order valence-electron chi connectivity index (χ1n) is 6.93. The van der Waals surface area contributed by atoms with Gasteiger partial charge >= 0.3 is 0 Å². The van der Waals surface area contributed by atoms with E-state index >= 15 is 0 Å². The Morgan fingerprint density at radius 2 is 1.78 bits per heavy atom. The number of hydrogen-bond donors (Lipinski definition) is 2. The molecule has 23 heavy (non-hydrogen) atoms. The minimum atomic E-state index is -0.343. The quantitative estimate of drug-likeness (QED) is 0.812. The van der Waals surface area contributed by atoms with Crippen LogP contribution in [0.5, 0.6) is 0 Å². The first-order chi connectivity index (χ1) is 11.1. The Balaban J connectivity index is 1.63. The summed E-state index contributed by atoms with van der Waals surface area (Å²) in [5, 5.41) is 5.88. The second-order valence-electron chi connectivity index (χ2n) is 4.65. The van der Waals surface area contributed by atoms with Crippen LogP contribution in [0.4, 0.5) is 5.69 Å². The van der Waals surface area contributed by atoms with Crippen molar-refractivity contribution in [3.8, 4) is 0 Å². The number of pyridine rings is 1. The molecule has 0 bridgehead atoms. The van der Waals surface area contributed by atoms with Crippen molar-refractivity contribution in [2.75, 3.05) is 18.5 Å². The van der Waals surface area contributed by atoms with Gasteiger partial charge in [0.25, 0.3) is 0 Å². The van der Waals surface area contributed by atoms with E-state index in [1.807, 2.05) is 6.07 Å². The topological polar surface area (TPSA) is 80.3 Å². The minimum absolute atomic E-state index is 0.194. The molecule has 1 aromatic heterocycles. The summed E-state index contributed by atoms with van der Waals surface area (Å²) in [6, 6.07) is 12.1. The molecule has 1 aromatic carbocycles. The van der Waals surface area contributed by atoms with E-state index in [1.54, 1.807) is 42.6 Å². The van der Waals surface area contributed by atoms with Crippen LogP contribution in [0.2, 0.25) is 5.02 Å². The van der Waals surface area contributed by atoms with E-state index in [9.17, 15) is 9.59 Å². The van der Waals surface area contributed by atoms with E-state index in [0.29, 0.717) is 17.3 Å². The van der Waals surface area contributed by atoms with Gasteiger partial charge in [0.2, 0.25) is 11.8 Å². The maximum Gasteiger partial charge on any atom is 0.250 e. The van der Waals surface area contributed by atoms with E-state index in [2.05, 4.69) is 15.6 Å². The second kappa shape index (κ2) is 8.87. The smallest absolute Gasteiger partial charge is 0.250 e. The molecular formula is C16H16ClN3O3. The molecule has 0 spiro atoms. The molecule has 2 rings (SSSR count). The van der Waals surface area contributed by atoms with Gasteiger partial charge in [-0.05, 0) is 36.4 Å². The van der Waals surface area contributed by atoms with Gasteiger partial charge in [-0.2, -0.15) is 0 Å². The third kappa shape index (κ3) is 6.46. The van der Waals surface area contributed by atoms with Crippen molar-refractivity contribution in [3.63, 3.8) is 0 Å². The average Bonchev–Trinajstić information content (AvgIpc) is 2.56. The van der Waals surface area contributed by atoms with E-state index in [4.69, 9.17) is 16.3 Å². The number of rotatable bonds is 7. The maximum atomic E-state index is 11.6. The lowest BCUT2D eigenvalue weighted by Crippen LogP contribution is -2.29. The van der Waals surface area contributed by atoms with Crippen LogP contribution in [0.1, 0.15) is 5.69 Å². The number of carbonyl (C=O) groups is 2. The fraction of sp³-hybridized carbons (Fsp3) is 0.188. The van der Waals surface area contributed by atoms with Crippen molar-refractivity contribution < 1.29 is 14.3 Å². The van der Waals surface area contributed by atoms with Crippen LogP contribution in [-0.2, 0) is 20.9 Å². The predicted octanol–water partition coefficient (Wildman–Crippen LogP) is 2.01. The van der Waals surface area contributed by atoms with E-state index < -0.39 is 0 Å². The molecule has 0 saturated carbocycles. The number of benzene rings is 1. The van der Waals surface area contributed by atoms with Crippen molar-refractivity contribution >= 4 is 29.1 Å². The fourth-order valence-electron chi connectivity index (χ4n) is 1.71. The normalized spacial score (nSPS) is 10.1. The highest BCUT2D eigenvalue weighted by atomic mass is 35.5. The summed E-state index contributed by atoms with van der Waals surface area (Å²) in [6.45, 7) is -0.0828. The van der Waals surface area contributed by atoms with Crippen molar-refractivity contribution in [1.82, 2.24) is 10.3 Å². The number of ether oxygens (including phenoxy) is 1. The molecule has 0 saturated heterocycles. The van der Waals surface area contributed by atoms with Crippen LogP contribution < -0.4 is 10.6 Å². The van der Waals surface area contributed by atoms with Gasteiger partial charge in [-0.25, -0.2) is 0 Å². The summed E-state index contributed by atoms with van der Waals surface area (Å²) in [4.78, 5) is 27.3. The third-order valence-corrected chi connectivity index (χ3v) is 3.04. The van der Waals surface area contributed by atoms with Crippen molar-refractivity contribution in [1.29, 1.82) is 0 Å². The maximum absolute atomic E-state index is 11.6. The van der Waals surface area contributed by atoms with Gasteiger partial charge in [0, 0.05) is 16.9 Å². The Morgan fingerprint density at radius 3 is 2.48 bits per heavy atom. The lowest BCUT2D eigenvalue weighted by atomic mass is 10.3. The predicted molar refractivity (Wildman–Crippen MR) is 87.0 cm³/mol. The highest BCUT2D eigenvalue weighted by molar-refractivity contribution is 6.30. The van der Waals surface area contributed by atoms with E-state index in [-0.39, 0.29) is 25.0 Å². The van der Waals surface area contributed by atoms with Gasteiger partial charge in [-0.3, -0.25) is 14.6 Å². The van der Waals surface area contributed by atoms with Gasteiger partial charge in [0.05, 0.1) is 12.2 Å². The lowest BCUT2D eigenvalue weighted by molar-refractivity contribution is -0.128. The van der Waals surface area contributed by atoms with E-state index in [0.717, 1.165) is 5.69 Å². The minimum Gasteiger partial charge on any atom is -0.362 e. The number of carbonyl (C=O) groups excluding carboxylic acids is 2. The average molecular weight is 334 g/mol. The summed E-state index contributed by atoms with van der Waals surface area (Å²) in [5.74, 6) is -0.653. The molecule has 120 valence electrons. The second-order valence-corrected chi connectivity index (χ2v) is 5.08. The highest BCUT2D eigenvalue weighted by Crippen LogP contribution is 2.13. The van der Waals surface area contributed by atoms with Gasteiger partial charge in [-0.15, -0.1) is 0 Å². The molecule has 0 fully saturated rings. The van der Waals surface area contributed by atoms with E-state index in [1.165, 1.54) is 0 Å². The molecule has 6 nitrogen and oxygen atoms in total. The Morgan fingerprint density at radius 1 is 1.04 bits per heavy atom. The molecule has 0 aliphatic carbocycles. The van der Waals surface area contributed by atoms with Gasteiger partial charge in [0.1, 0.15) is 13.2 Å². The zero-order chi connectivity index (χ0) is 16.5. The Hall–Kier alpha value is -2.44. The van der Waals surface area contributed by atoms with Gasteiger partial charge in [-0.1, -0.05) is 17.7 Å². The zero-order valence-corrected chi connectivity index (χ0v) is 13.0. The molecule has 2 amide bonds. The molecule has 0 aliphatic rings. The molecule has 0 unspecified atom stereocenters. The molecule has 2 aromatic rings. The summed E-state index contributed by atoms with van der Waals surface area (Å²) >= 11 is 5.75. The number of aromatic nitrogens is 1. The Kier molecular flexibility index (Phi) is 6.53. The number of nitrogens with zero attached hydrogens (tertiary/aromatic N) is 1. The largest absolute Gasteiger partial charge is 0.362 e.